The first kappa shape index (κ1) is 25.4. The zero-order chi connectivity index (χ0) is 25.9. The highest BCUT2D eigenvalue weighted by atomic mass is 16.3. The van der Waals surface area contributed by atoms with E-state index in [-0.39, 0.29) is 18.1 Å². The SMILES string of the molecule is CC(O)c1cccc(Cn2c(C(=O)N3CCNCC3)c(-c3ccccc3)n(C3CCCC[C@H]3O)c2=O)c1. The van der Waals surface area contributed by atoms with Crippen molar-refractivity contribution in [2.75, 3.05) is 26.2 Å². The number of nitrogens with zero attached hydrogens (tertiary/aromatic N) is 3. The number of benzene rings is 2. The van der Waals surface area contributed by atoms with Gasteiger partial charge < -0.3 is 20.4 Å². The highest BCUT2D eigenvalue weighted by Crippen LogP contribution is 2.34. The van der Waals surface area contributed by atoms with Gasteiger partial charge in [-0.15, -0.1) is 0 Å². The van der Waals surface area contributed by atoms with Crippen LogP contribution in [-0.2, 0) is 6.54 Å². The second-order valence-corrected chi connectivity index (χ2v) is 10.2. The van der Waals surface area contributed by atoms with Crippen LogP contribution >= 0.6 is 0 Å². The molecule has 2 heterocycles. The van der Waals surface area contributed by atoms with E-state index in [1.54, 1.807) is 16.1 Å². The van der Waals surface area contributed by atoms with Crippen LogP contribution in [0.5, 0.6) is 0 Å². The average molecular weight is 505 g/mol. The third kappa shape index (κ3) is 5.14. The molecule has 2 aromatic carbocycles. The topological polar surface area (TPSA) is 99.7 Å². The molecular weight excluding hydrogens is 468 g/mol. The molecule has 0 spiro atoms. The zero-order valence-electron chi connectivity index (χ0n) is 21.3. The van der Waals surface area contributed by atoms with E-state index in [2.05, 4.69) is 5.32 Å². The number of rotatable bonds is 6. The van der Waals surface area contributed by atoms with Gasteiger partial charge in [0, 0.05) is 31.7 Å². The van der Waals surface area contributed by atoms with Gasteiger partial charge in [0.25, 0.3) is 5.91 Å². The number of imidazole rings is 1. The van der Waals surface area contributed by atoms with Crippen molar-refractivity contribution in [2.24, 2.45) is 0 Å². The molecule has 1 amide bonds. The molecule has 1 aliphatic carbocycles. The number of hydrogen-bond donors (Lipinski definition) is 3. The van der Waals surface area contributed by atoms with E-state index in [4.69, 9.17) is 0 Å². The van der Waals surface area contributed by atoms with Crippen LogP contribution in [0.4, 0.5) is 0 Å². The molecule has 3 aromatic rings. The van der Waals surface area contributed by atoms with Crippen LogP contribution in [0.25, 0.3) is 11.3 Å². The third-order valence-electron chi connectivity index (χ3n) is 7.63. The summed E-state index contributed by atoms with van der Waals surface area (Å²) in [4.78, 5) is 30.2. The van der Waals surface area contributed by atoms with Crippen molar-refractivity contribution in [2.45, 2.75) is 57.4 Å². The number of carbonyl (C=O) groups excluding carboxylic acids is 1. The fraction of sp³-hybridized carbons (Fsp3) is 0.448. The van der Waals surface area contributed by atoms with Crippen LogP contribution in [0.2, 0.25) is 0 Å². The first-order valence-corrected chi connectivity index (χ1v) is 13.3. The second kappa shape index (κ2) is 11.0. The van der Waals surface area contributed by atoms with E-state index in [1.807, 2.05) is 59.5 Å². The van der Waals surface area contributed by atoms with E-state index in [9.17, 15) is 19.8 Å². The minimum Gasteiger partial charge on any atom is -0.391 e. The van der Waals surface area contributed by atoms with Gasteiger partial charge in [0.15, 0.2) is 0 Å². The number of nitrogens with one attached hydrogen (secondary N) is 1. The molecule has 2 fully saturated rings. The molecule has 8 heteroatoms. The lowest BCUT2D eigenvalue weighted by molar-refractivity contribution is 0.0719. The Balaban J connectivity index is 1.73. The second-order valence-electron chi connectivity index (χ2n) is 10.2. The van der Waals surface area contributed by atoms with Crippen LogP contribution in [0.3, 0.4) is 0 Å². The van der Waals surface area contributed by atoms with Gasteiger partial charge in [-0.25, -0.2) is 4.79 Å². The van der Waals surface area contributed by atoms with Crippen LogP contribution in [0.1, 0.15) is 66.4 Å². The van der Waals surface area contributed by atoms with Gasteiger partial charge in [-0.1, -0.05) is 67.4 Å². The Labute approximate surface area is 217 Å². The van der Waals surface area contributed by atoms with Crippen molar-refractivity contribution in [3.05, 3.63) is 81.9 Å². The molecule has 1 aliphatic heterocycles. The van der Waals surface area contributed by atoms with E-state index >= 15 is 0 Å². The number of aromatic nitrogens is 2. The normalized spacial score (nSPS) is 21.1. The van der Waals surface area contributed by atoms with Crippen LogP contribution < -0.4 is 11.0 Å². The molecule has 0 radical (unpaired) electrons. The molecule has 8 nitrogen and oxygen atoms in total. The van der Waals surface area contributed by atoms with Gasteiger partial charge in [-0.2, -0.15) is 0 Å². The Kier molecular flexibility index (Phi) is 7.60. The van der Waals surface area contributed by atoms with E-state index in [0.717, 1.165) is 29.5 Å². The van der Waals surface area contributed by atoms with Gasteiger partial charge in [-0.05, 0) is 30.9 Å². The molecule has 1 saturated carbocycles. The summed E-state index contributed by atoms with van der Waals surface area (Å²) in [5.74, 6) is -0.173. The molecule has 2 aliphatic rings. The van der Waals surface area contributed by atoms with Gasteiger partial charge in [0.2, 0.25) is 0 Å². The molecule has 3 N–H and O–H groups in total. The molecule has 1 aromatic heterocycles. The highest BCUT2D eigenvalue weighted by Gasteiger charge is 2.35. The Hall–Kier alpha value is -3.20. The van der Waals surface area contributed by atoms with E-state index in [1.165, 1.54) is 0 Å². The number of piperazine rings is 1. The quantitative estimate of drug-likeness (QED) is 0.479. The largest absolute Gasteiger partial charge is 0.391 e. The maximum Gasteiger partial charge on any atom is 0.329 e. The lowest BCUT2D eigenvalue weighted by atomic mass is 9.92. The first-order valence-electron chi connectivity index (χ1n) is 13.3. The highest BCUT2D eigenvalue weighted by molar-refractivity contribution is 5.99. The van der Waals surface area contributed by atoms with Crippen molar-refractivity contribution in [1.82, 2.24) is 19.4 Å². The summed E-state index contributed by atoms with van der Waals surface area (Å²) in [7, 11) is 0. The Morgan fingerprint density at radius 2 is 1.78 bits per heavy atom. The standard InChI is InChI=1S/C29H36N4O4/c1-20(34)23-11-7-8-21(18-23)19-32-27(28(36)31-16-14-30-15-17-31)26(22-9-3-2-4-10-22)33(29(32)37)24-12-5-6-13-25(24)35/h2-4,7-11,18,20,24-25,30,34-35H,5-6,12-17,19H2,1H3/t20?,24?,25-/m1/s1. The fourth-order valence-corrected chi connectivity index (χ4v) is 5.65. The van der Waals surface area contributed by atoms with Crippen LogP contribution in [0.15, 0.2) is 59.4 Å². The number of aliphatic hydroxyl groups excluding tert-OH is 2. The predicted molar refractivity (Wildman–Crippen MR) is 143 cm³/mol. The lowest BCUT2D eigenvalue weighted by Gasteiger charge is -2.30. The summed E-state index contributed by atoms with van der Waals surface area (Å²) in [5.41, 5.74) is 3.02. The molecule has 2 unspecified atom stereocenters. The van der Waals surface area contributed by atoms with Gasteiger partial charge in [0.05, 0.1) is 30.5 Å². The van der Waals surface area contributed by atoms with E-state index in [0.29, 0.717) is 50.4 Å². The fourth-order valence-electron chi connectivity index (χ4n) is 5.65. The molecule has 37 heavy (non-hydrogen) atoms. The minimum absolute atomic E-state index is 0.173. The molecule has 0 bridgehead atoms. The summed E-state index contributed by atoms with van der Waals surface area (Å²) in [6.45, 7) is 4.44. The Morgan fingerprint density at radius 1 is 1.05 bits per heavy atom. The van der Waals surface area contributed by atoms with Crippen molar-refractivity contribution in [3.8, 4) is 11.3 Å². The summed E-state index contributed by atoms with van der Waals surface area (Å²) in [6.07, 6.45) is 1.88. The molecule has 3 atom stereocenters. The maximum absolute atomic E-state index is 14.2. The number of amides is 1. The number of carbonyl (C=O) groups is 1. The van der Waals surface area contributed by atoms with Gasteiger partial charge in [-0.3, -0.25) is 13.9 Å². The lowest BCUT2D eigenvalue weighted by Crippen LogP contribution is -2.47. The molecule has 196 valence electrons. The van der Waals surface area contributed by atoms with Crippen LogP contribution in [0, 0.1) is 0 Å². The molecule has 1 saturated heterocycles. The Morgan fingerprint density at radius 3 is 2.49 bits per heavy atom. The summed E-state index contributed by atoms with van der Waals surface area (Å²) >= 11 is 0. The van der Waals surface area contributed by atoms with Crippen molar-refractivity contribution in [3.63, 3.8) is 0 Å². The summed E-state index contributed by atoms with van der Waals surface area (Å²) in [6, 6.07) is 16.7. The number of hydrogen-bond acceptors (Lipinski definition) is 5. The predicted octanol–water partition coefficient (Wildman–Crippen LogP) is 2.94. The summed E-state index contributed by atoms with van der Waals surface area (Å²) < 4.78 is 3.27. The molecular formula is C29H36N4O4. The van der Waals surface area contributed by atoms with Gasteiger partial charge >= 0.3 is 5.69 Å². The average Bonchev–Trinajstić information content (AvgIpc) is 3.21. The van der Waals surface area contributed by atoms with Crippen molar-refractivity contribution in [1.29, 1.82) is 0 Å². The molecule has 5 rings (SSSR count). The van der Waals surface area contributed by atoms with E-state index < -0.39 is 18.2 Å². The monoisotopic (exact) mass is 504 g/mol. The third-order valence-corrected chi connectivity index (χ3v) is 7.63. The zero-order valence-corrected chi connectivity index (χ0v) is 21.3. The summed E-state index contributed by atoms with van der Waals surface area (Å²) in [5, 5.41) is 24.4. The van der Waals surface area contributed by atoms with Gasteiger partial charge in [0.1, 0.15) is 5.69 Å². The maximum atomic E-state index is 14.2. The first-order chi connectivity index (χ1) is 18.0. The Bertz CT molecular complexity index is 1290. The smallest absolute Gasteiger partial charge is 0.329 e. The van der Waals surface area contributed by atoms with Crippen molar-refractivity contribution >= 4 is 5.91 Å². The minimum atomic E-state index is -0.648. The number of aliphatic hydroxyl groups is 2. The van der Waals surface area contributed by atoms with Crippen LogP contribution in [-0.4, -0.2) is 62.4 Å². The van der Waals surface area contributed by atoms with Crippen molar-refractivity contribution < 1.29 is 15.0 Å².